The van der Waals surface area contributed by atoms with Crippen molar-refractivity contribution >= 4 is 17.8 Å². The van der Waals surface area contributed by atoms with Gasteiger partial charge in [-0.15, -0.1) is 0 Å². The summed E-state index contributed by atoms with van der Waals surface area (Å²) < 4.78 is 2.25. The Morgan fingerprint density at radius 1 is 1.07 bits per heavy atom. The molecular weight excluding hydrogens is 356 g/mol. The Morgan fingerprint density at radius 2 is 1.71 bits per heavy atom. The number of aryl methyl sites for hydroxylation is 1. The lowest BCUT2D eigenvalue weighted by molar-refractivity contribution is -0.134. The van der Waals surface area contributed by atoms with Gasteiger partial charge in [0.25, 0.3) is 11.8 Å². The van der Waals surface area contributed by atoms with E-state index < -0.39 is 17.5 Å². The van der Waals surface area contributed by atoms with E-state index in [1.165, 1.54) is 19.3 Å². The monoisotopic (exact) mass is 386 g/mol. The SMILES string of the molecule is Cc1cc(C(=O)NN2C(=O)NC3(CCCCC3)C2=O)c(C)n1C1CCCCC1. The fourth-order valence-corrected chi connectivity index (χ4v) is 5.29. The summed E-state index contributed by atoms with van der Waals surface area (Å²) in [6.07, 6.45) is 10.1. The first-order valence-electron chi connectivity index (χ1n) is 10.6. The van der Waals surface area contributed by atoms with Crippen LogP contribution in [-0.4, -0.2) is 33.0 Å². The molecule has 0 unspecified atom stereocenters. The molecule has 1 aromatic heterocycles. The largest absolute Gasteiger partial charge is 0.345 e. The number of hydrazine groups is 1. The second kappa shape index (κ2) is 7.26. The molecule has 2 heterocycles. The number of aromatic nitrogens is 1. The standard InChI is InChI=1S/C21H30N4O3/c1-14-13-17(15(2)24(14)16-9-5-3-6-10-16)18(26)23-25-19(27)21(22-20(25)28)11-7-4-8-12-21/h13,16H,3-12H2,1-2H3,(H,22,28)(H,23,26). The Kier molecular flexibility index (Phi) is 4.93. The molecule has 0 radical (unpaired) electrons. The van der Waals surface area contributed by atoms with Gasteiger partial charge >= 0.3 is 6.03 Å². The predicted molar refractivity (Wildman–Crippen MR) is 105 cm³/mol. The zero-order chi connectivity index (χ0) is 19.9. The van der Waals surface area contributed by atoms with Crippen LogP contribution in [0.3, 0.4) is 0 Å². The van der Waals surface area contributed by atoms with Crippen LogP contribution in [0.1, 0.15) is 92.0 Å². The lowest BCUT2D eigenvalue weighted by Gasteiger charge is -2.30. The van der Waals surface area contributed by atoms with Crippen LogP contribution < -0.4 is 10.7 Å². The van der Waals surface area contributed by atoms with Gasteiger partial charge in [0.2, 0.25) is 0 Å². The molecular formula is C21H30N4O3. The summed E-state index contributed by atoms with van der Waals surface area (Å²) in [6, 6.07) is 1.77. The van der Waals surface area contributed by atoms with Crippen LogP contribution >= 0.6 is 0 Å². The normalized spacial score (nSPS) is 22.6. The fraction of sp³-hybridized carbons (Fsp3) is 0.667. The molecule has 0 bridgehead atoms. The number of carbonyl (C=O) groups excluding carboxylic acids is 3. The van der Waals surface area contributed by atoms with E-state index in [-0.39, 0.29) is 5.91 Å². The van der Waals surface area contributed by atoms with Gasteiger partial charge in [0, 0.05) is 17.4 Å². The number of rotatable bonds is 3. The third kappa shape index (κ3) is 3.10. The van der Waals surface area contributed by atoms with Gasteiger partial charge in [-0.1, -0.05) is 38.5 Å². The van der Waals surface area contributed by atoms with E-state index in [9.17, 15) is 14.4 Å². The van der Waals surface area contributed by atoms with Gasteiger partial charge in [-0.2, -0.15) is 5.01 Å². The summed E-state index contributed by atoms with van der Waals surface area (Å²) >= 11 is 0. The quantitative estimate of drug-likeness (QED) is 0.780. The lowest BCUT2D eigenvalue weighted by Crippen LogP contribution is -2.51. The highest BCUT2D eigenvalue weighted by atomic mass is 16.2. The van der Waals surface area contributed by atoms with E-state index >= 15 is 0 Å². The Hall–Kier alpha value is -2.31. The van der Waals surface area contributed by atoms with E-state index in [4.69, 9.17) is 0 Å². The van der Waals surface area contributed by atoms with Crippen molar-refractivity contribution < 1.29 is 14.4 Å². The van der Waals surface area contributed by atoms with Crippen LogP contribution in [0.15, 0.2) is 6.07 Å². The van der Waals surface area contributed by atoms with E-state index in [1.54, 1.807) is 0 Å². The molecule has 0 atom stereocenters. The van der Waals surface area contributed by atoms with Gasteiger partial charge in [0.15, 0.2) is 0 Å². The Labute approximate surface area is 165 Å². The van der Waals surface area contributed by atoms with Gasteiger partial charge < -0.3 is 9.88 Å². The molecule has 1 spiro atoms. The Balaban J connectivity index is 1.52. The Bertz CT molecular complexity index is 801. The number of carbonyl (C=O) groups is 3. The minimum absolute atomic E-state index is 0.327. The van der Waals surface area contributed by atoms with Gasteiger partial charge in [-0.25, -0.2) is 4.79 Å². The molecule has 1 aromatic rings. The third-order valence-corrected chi connectivity index (χ3v) is 6.75. The summed E-state index contributed by atoms with van der Waals surface area (Å²) in [5, 5.41) is 3.72. The van der Waals surface area contributed by atoms with Crippen LogP contribution in [0.4, 0.5) is 4.79 Å². The molecule has 28 heavy (non-hydrogen) atoms. The number of urea groups is 1. The van der Waals surface area contributed by atoms with Gasteiger partial charge in [-0.05, 0) is 45.6 Å². The second-order valence-corrected chi connectivity index (χ2v) is 8.60. The van der Waals surface area contributed by atoms with Crippen molar-refractivity contribution in [1.82, 2.24) is 20.3 Å². The predicted octanol–water partition coefficient (Wildman–Crippen LogP) is 3.51. The number of nitrogens with one attached hydrogen (secondary N) is 2. The third-order valence-electron chi connectivity index (χ3n) is 6.75. The zero-order valence-corrected chi connectivity index (χ0v) is 16.8. The van der Waals surface area contributed by atoms with Crippen molar-refractivity contribution in [2.75, 3.05) is 0 Å². The first-order chi connectivity index (χ1) is 13.4. The molecule has 3 aliphatic rings. The van der Waals surface area contributed by atoms with Crippen molar-refractivity contribution in [2.45, 2.75) is 89.6 Å². The van der Waals surface area contributed by atoms with Crippen molar-refractivity contribution in [2.24, 2.45) is 0 Å². The average Bonchev–Trinajstić information content (AvgIpc) is 3.11. The summed E-state index contributed by atoms with van der Waals surface area (Å²) in [5.74, 6) is -0.724. The topological polar surface area (TPSA) is 83.4 Å². The molecule has 3 fully saturated rings. The number of hydrogen-bond acceptors (Lipinski definition) is 3. The first-order valence-corrected chi connectivity index (χ1v) is 10.6. The van der Waals surface area contributed by atoms with Crippen molar-refractivity contribution in [3.05, 3.63) is 23.0 Å². The van der Waals surface area contributed by atoms with Crippen LogP contribution in [0.2, 0.25) is 0 Å². The van der Waals surface area contributed by atoms with Crippen LogP contribution in [0, 0.1) is 13.8 Å². The number of hydrogen-bond donors (Lipinski definition) is 2. The number of amides is 4. The van der Waals surface area contributed by atoms with Crippen molar-refractivity contribution in [1.29, 1.82) is 0 Å². The second-order valence-electron chi connectivity index (χ2n) is 8.60. The van der Waals surface area contributed by atoms with Crippen molar-refractivity contribution in [3.8, 4) is 0 Å². The minimum Gasteiger partial charge on any atom is -0.345 e. The summed E-state index contributed by atoms with van der Waals surface area (Å²) in [4.78, 5) is 38.2. The molecule has 4 amide bonds. The maximum Gasteiger partial charge on any atom is 0.344 e. The molecule has 1 saturated heterocycles. The molecule has 2 saturated carbocycles. The minimum atomic E-state index is -0.832. The van der Waals surface area contributed by atoms with E-state index in [1.807, 2.05) is 19.9 Å². The highest BCUT2D eigenvalue weighted by molar-refractivity contribution is 6.09. The number of nitrogens with zero attached hydrogens (tertiary/aromatic N) is 2. The van der Waals surface area contributed by atoms with E-state index in [0.717, 1.165) is 48.5 Å². The van der Waals surface area contributed by atoms with E-state index in [2.05, 4.69) is 15.3 Å². The maximum atomic E-state index is 12.9. The lowest BCUT2D eigenvalue weighted by atomic mass is 9.82. The smallest absolute Gasteiger partial charge is 0.344 e. The molecule has 0 aromatic carbocycles. The van der Waals surface area contributed by atoms with Gasteiger partial charge in [-0.3, -0.25) is 15.0 Å². The average molecular weight is 386 g/mol. The fourth-order valence-electron chi connectivity index (χ4n) is 5.29. The highest BCUT2D eigenvalue weighted by Gasteiger charge is 2.52. The molecule has 4 rings (SSSR count). The van der Waals surface area contributed by atoms with Crippen molar-refractivity contribution in [3.63, 3.8) is 0 Å². The first kappa shape index (κ1) is 19.0. The Morgan fingerprint density at radius 3 is 2.39 bits per heavy atom. The summed E-state index contributed by atoms with van der Waals surface area (Å²) in [6.45, 7) is 3.97. The molecule has 7 nitrogen and oxygen atoms in total. The summed E-state index contributed by atoms with van der Waals surface area (Å²) in [7, 11) is 0. The molecule has 2 N–H and O–H groups in total. The zero-order valence-electron chi connectivity index (χ0n) is 16.8. The summed E-state index contributed by atoms with van der Waals surface area (Å²) in [5.41, 5.74) is 4.23. The van der Waals surface area contributed by atoms with Crippen LogP contribution in [-0.2, 0) is 4.79 Å². The highest BCUT2D eigenvalue weighted by Crippen LogP contribution is 2.34. The molecule has 2 aliphatic carbocycles. The van der Waals surface area contributed by atoms with Gasteiger partial charge in [0.05, 0.1) is 5.56 Å². The molecule has 7 heteroatoms. The molecule has 152 valence electrons. The maximum absolute atomic E-state index is 12.9. The molecule has 1 aliphatic heterocycles. The van der Waals surface area contributed by atoms with Crippen LogP contribution in [0.5, 0.6) is 0 Å². The van der Waals surface area contributed by atoms with Gasteiger partial charge in [0.1, 0.15) is 5.54 Å². The number of imide groups is 1. The van der Waals surface area contributed by atoms with E-state index in [0.29, 0.717) is 24.4 Å². The van der Waals surface area contributed by atoms with Crippen LogP contribution in [0.25, 0.3) is 0 Å².